The van der Waals surface area contributed by atoms with E-state index < -0.39 is 0 Å². The number of nitrogens with zero attached hydrogens (tertiary/aromatic N) is 3. The zero-order valence-corrected chi connectivity index (χ0v) is 14.7. The van der Waals surface area contributed by atoms with Crippen LogP contribution in [0.25, 0.3) is 0 Å². The van der Waals surface area contributed by atoms with Crippen LogP contribution in [0.15, 0.2) is 42.6 Å². The van der Waals surface area contributed by atoms with Crippen LogP contribution in [0.4, 0.5) is 4.39 Å². The van der Waals surface area contributed by atoms with E-state index in [9.17, 15) is 9.50 Å². The number of aliphatic hydroxyl groups is 1. The Balaban J connectivity index is 1.47. The van der Waals surface area contributed by atoms with Crippen LogP contribution in [0, 0.1) is 5.82 Å². The van der Waals surface area contributed by atoms with Gasteiger partial charge in [0.05, 0.1) is 12.6 Å². The lowest BCUT2D eigenvalue weighted by Gasteiger charge is -2.42. The molecule has 0 saturated carbocycles. The summed E-state index contributed by atoms with van der Waals surface area (Å²) in [5.41, 5.74) is 1.93. The molecule has 2 aromatic rings. The molecule has 2 saturated heterocycles. The van der Waals surface area contributed by atoms with Crippen molar-refractivity contribution in [2.24, 2.45) is 0 Å². The Morgan fingerprint density at radius 1 is 1.08 bits per heavy atom. The number of rotatable bonds is 4. The summed E-state index contributed by atoms with van der Waals surface area (Å²) in [4.78, 5) is 4.91. The van der Waals surface area contributed by atoms with Gasteiger partial charge in [0, 0.05) is 55.7 Å². The van der Waals surface area contributed by atoms with Gasteiger partial charge in [0.15, 0.2) is 0 Å². The van der Waals surface area contributed by atoms with Gasteiger partial charge in [0.1, 0.15) is 5.82 Å². The summed E-state index contributed by atoms with van der Waals surface area (Å²) in [5.74, 6) is -0.149. The predicted molar refractivity (Wildman–Crippen MR) is 95.8 cm³/mol. The van der Waals surface area contributed by atoms with Crippen LogP contribution in [0.3, 0.4) is 0 Å². The number of halogens is 1. The van der Waals surface area contributed by atoms with E-state index in [1.54, 1.807) is 6.07 Å². The van der Waals surface area contributed by atoms with Crippen LogP contribution < -0.4 is 0 Å². The largest absolute Gasteiger partial charge is 0.392 e. The first kappa shape index (κ1) is 16.8. The van der Waals surface area contributed by atoms with Gasteiger partial charge in [-0.3, -0.25) is 9.80 Å². The average molecular weight is 343 g/mol. The van der Waals surface area contributed by atoms with Crippen molar-refractivity contribution in [2.45, 2.75) is 44.6 Å². The normalized spacial score (nSPS) is 27.6. The molecule has 1 aromatic carbocycles. The number of hydrogen-bond acceptors (Lipinski definition) is 3. The molecular formula is C20H26FN3O. The van der Waals surface area contributed by atoms with Crippen molar-refractivity contribution < 1.29 is 9.50 Å². The fourth-order valence-electron chi connectivity index (χ4n) is 4.26. The molecule has 3 heterocycles. The Morgan fingerprint density at radius 2 is 1.92 bits per heavy atom. The van der Waals surface area contributed by atoms with Gasteiger partial charge in [-0.15, -0.1) is 0 Å². The zero-order valence-electron chi connectivity index (χ0n) is 14.7. The summed E-state index contributed by atoms with van der Waals surface area (Å²) in [6, 6.07) is 12.1. The fourth-order valence-corrected chi connectivity index (χ4v) is 4.26. The number of fused-ring (bicyclic) bond motifs is 1. The highest BCUT2D eigenvalue weighted by atomic mass is 19.1. The Kier molecular flexibility index (Phi) is 4.63. The maximum atomic E-state index is 14.0. The monoisotopic (exact) mass is 343 g/mol. The lowest BCUT2D eigenvalue weighted by molar-refractivity contribution is 0.0513. The summed E-state index contributed by atoms with van der Waals surface area (Å²) < 4.78 is 16.1. The van der Waals surface area contributed by atoms with Crippen molar-refractivity contribution in [1.82, 2.24) is 14.4 Å². The van der Waals surface area contributed by atoms with Gasteiger partial charge in [-0.05, 0) is 31.5 Å². The van der Waals surface area contributed by atoms with Crippen molar-refractivity contribution in [2.75, 3.05) is 19.6 Å². The molecule has 2 aliphatic rings. The zero-order chi connectivity index (χ0) is 17.4. The minimum Gasteiger partial charge on any atom is -0.392 e. The van der Waals surface area contributed by atoms with Gasteiger partial charge in [0.2, 0.25) is 0 Å². The van der Waals surface area contributed by atoms with Gasteiger partial charge in [-0.2, -0.15) is 0 Å². The summed E-state index contributed by atoms with van der Waals surface area (Å²) in [6.45, 7) is 6.49. The number of aliphatic hydroxyl groups excluding tert-OH is 1. The van der Waals surface area contributed by atoms with E-state index in [0.29, 0.717) is 18.6 Å². The Labute approximate surface area is 148 Å². The van der Waals surface area contributed by atoms with E-state index in [0.717, 1.165) is 38.2 Å². The standard InChI is InChI=1S/C20H26FN3O/c1-15-10-24-14-19(25)9-18(24)13-23(15)12-17-6-4-8-22(17)11-16-5-2-3-7-20(16)21/h2-8,15,18-19,25H,9-14H2,1H3/t15-,18+,19+/m0/s1. The molecule has 1 aromatic heterocycles. The second kappa shape index (κ2) is 6.90. The Morgan fingerprint density at radius 3 is 2.76 bits per heavy atom. The topological polar surface area (TPSA) is 31.6 Å². The van der Waals surface area contributed by atoms with Crippen LogP contribution >= 0.6 is 0 Å². The first-order valence-corrected chi connectivity index (χ1v) is 9.13. The highest BCUT2D eigenvalue weighted by Gasteiger charge is 2.38. The number of benzene rings is 1. The van der Waals surface area contributed by atoms with Crippen molar-refractivity contribution in [3.05, 3.63) is 59.7 Å². The summed E-state index contributed by atoms with van der Waals surface area (Å²) >= 11 is 0. The highest BCUT2D eigenvalue weighted by molar-refractivity contribution is 5.19. The summed E-state index contributed by atoms with van der Waals surface area (Å²) in [5, 5.41) is 9.92. The molecule has 1 N–H and O–H groups in total. The van der Waals surface area contributed by atoms with Crippen LogP contribution in [-0.4, -0.2) is 57.3 Å². The molecule has 2 aliphatic heterocycles. The first-order valence-electron chi connectivity index (χ1n) is 9.13. The average Bonchev–Trinajstić information content (AvgIpc) is 3.15. The molecule has 0 amide bonds. The van der Waals surface area contributed by atoms with E-state index in [4.69, 9.17) is 0 Å². The minimum absolute atomic E-state index is 0.149. The molecule has 2 fully saturated rings. The van der Waals surface area contributed by atoms with Crippen molar-refractivity contribution >= 4 is 0 Å². The van der Waals surface area contributed by atoms with Gasteiger partial charge >= 0.3 is 0 Å². The van der Waals surface area contributed by atoms with Gasteiger partial charge in [0.25, 0.3) is 0 Å². The van der Waals surface area contributed by atoms with Crippen molar-refractivity contribution in [3.63, 3.8) is 0 Å². The van der Waals surface area contributed by atoms with Crippen LogP contribution in [0.5, 0.6) is 0 Å². The maximum absolute atomic E-state index is 14.0. The fraction of sp³-hybridized carbons (Fsp3) is 0.500. The SMILES string of the molecule is C[C@H]1CN2C[C@H](O)C[C@@H]2CN1Cc1cccn1Cc1ccccc1F. The third-order valence-electron chi connectivity index (χ3n) is 5.66. The lowest BCUT2D eigenvalue weighted by Crippen LogP contribution is -2.54. The molecule has 25 heavy (non-hydrogen) atoms. The van der Waals surface area contributed by atoms with E-state index in [1.807, 2.05) is 24.4 Å². The first-order chi connectivity index (χ1) is 12.1. The maximum Gasteiger partial charge on any atom is 0.128 e. The van der Waals surface area contributed by atoms with Gasteiger partial charge in [-0.25, -0.2) is 4.39 Å². The van der Waals surface area contributed by atoms with Crippen LogP contribution in [0.2, 0.25) is 0 Å². The van der Waals surface area contributed by atoms with E-state index in [-0.39, 0.29) is 11.9 Å². The lowest BCUT2D eigenvalue weighted by atomic mass is 10.1. The summed E-state index contributed by atoms with van der Waals surface area (Å²) in [6.07, 6.45) is 2.73. The van der Waals surface area contributed by atoms with Crippen LogP contribution in [0.1, 0.15) is 24.6 Å². The van der Waals surface area contributed by atoms with Crippen molar-refractivity contribution in [3.8, 4) is 0 Å². The molecule has 0 radical (unpaired) electrons. The third-order valence-corrected chi connectivity index (χ3v) is 5.66. The van der Waals surface area contributed by atoms with Gasteiger partial charge in [-0.1, -0.05) is 18.2 Å². The van der Waals surface area contributed by atoms with E-state index in [1.165, 1.54) is 11.8 Å². The smallest absolute Gasteiger partial charge is 0.128 e. The minimum atomic E-state index is -0.179. The number of aromatic nitrogens is 1. The predicted octanol–water partition coefficient (Wildman–Crippen LogP) is 2.31. The Bertz CT molecular complexity index is 731. The molecule has 3 atom stereocenters. The summed E-state index contributed by atoms with van der Waals surface area (Å²) in [7, 11) is 0. The second-order valence-corrected chi connectivity index (χ2v) is 7.49. The molecule has 0 aliphatic carbocycles. The molecule has 0 spiro atoms. The highest BCUT2D eigenvalue weighted by Crippen LogP contribution is 2.26. The molecule has 0 bridgehead atoms. The number of hydrogen-bond donors (Lipinski definition) is 1. The Hall–Kier alpha value is -1.69. The van der Waals surface area contributed by atoms with Gasteiger partial charge < -0.3 is 9.67 Å². The third kappa shape index (κ3) is 3.50. The van der Waals surface area contributed by atoms with Crippen LogP contribution in [-0.2, 0) is 13.1 Å². The molecule has 0 unspecified atom stereocenters. The molecule has 134 valence electrons. The quantitative estimate of drug-likeness (QED) is 0.924. The molecule has 5 heteroatoms. The van der Waals surface area contributed by atoms with E-state index in [2.05, 4.69) is 27.4 Å². The van der Waals surface area contributed by atoms with Crippen molar-refractivity contribution in [1.29, 1.82) is 0 Å². The molecule has 4 rings (SSSR count). The van der Waals surface area contributed by atoms with E-state index >= 15 is 0 Å². The number of piperazine rings is 1. The molecular weight excluding hydrogens is 317 g/mol. The second-order valence-electron chi connectivity index (χ2n) is 7.49. The molecule has 4 nitrogen and oxygen atoms in total.